The summed E-state index contributed by atoms with van der Waals surface area (Å²) in [5.74, 6) is -0.138. The Hall–Kier alpha value is -2.68. The number of hydrogen-bond acceptors (Lipinski definition) is 2. The van der Waals surface area contributed by atoms with Crippen LogP contribution in [-0.4, -0.2) is 16.1 Å². The molecule has 1 aliphatic rings. The lowest BCUT2D eigenvalue weighted by Gasteiger charge is -2.15. The fraction of sp³-hybridized carbons (Fsp3) is 0.0588. The second-order valence-electron chi connectivity index (χ2n) is 5.00. The molecule has 0 N–H and O–H groups in total. The van der Waals surface area contributed by atoms with Gasteiger partial charge < -0.3 is 4.57 Å². The van der Waals surface area contributed by atoms with Gasteiger partial charge in [0.05, 0.1) is 5.56 Å². The Morgan fingerprint density at radius 3 is 2.15 bits per heavy atom. The fourth-order valence-electron chi connectivity index (χ4n) is 3.03. The van der Waals surface area contributed by atoms with E-state index in [0.717, 1.165) is 10.9 Å². The summed E-state index contributed by atoms with van der Waals surface area (Å²) >= 11 is 0. The zero-order valence-corrected chi connectivity index (χ0v) is 10.9. The van der Waals surface area contributed by atoms with Crippen molar-refractivity contribution in [1.82, 2.24) is 4.57 Å². The first-order chi connectivity index (χ1) is 9.70. The zero-order chi connectivity index (χ0) is 13.9. The van der Waals surface area contributed by atoms with Crippen LogP contribution in [0.5, 0.6) is 0 Å². The number of nitrogens with zero attached hydrogens (tertiary/aromatic N) is 1. The molecule has 0 atom stereocenters. The van der Waals surface area contributed by atoms with Crippen LogP contribution in [0.25, 0.3) is 10.9 Å². The van der Waals surface area contributed by atoms with Crippen LogP contribution in [-0.2, 0) is 7.05 Å². The van der Waals surface area contributed by atoms with E-state index in [0.29, 0.717) is 22.4 Å². The number of ketones is 2. The lowest BCUT2D eigenvalue weighted by Crippen LogP contribution is -2.22. The molecule has 0 spiro atoms. The molecule has 20 heavy (non-hydrogen) atoms. The van der Waals surface area contributed by atoms with Gasteiger partial charge in [0.15, 0.2) is 5.78 Å². The molecule has 1 aromatic heterocycles. The molecule has 3 aromatic rings. The van der Waals surface area contributed by atoms with Gasteiger partial charge in [0.2, 0.25) is 5.78 Å². The molecule has 2 aromatic carbocycles. The highest BCUT2D eigenvalue weighted by molar-refractivity contribution is 6.32. The van der Waals surface area contributed by atoms with Gasteiger partial charge in [-0.25, -0.2) is 0 Å². The lowest BCUT2D eigenvalue weighted by molar-refractivity contribution is 0.0975. The Balaban J connectivity index is 2.18. The van der Waals surface area contributed by atoms with Crippen molar-refractivity contribution in [3.05, 3.63) is 70.9 Å². The molecule has 0 aliphatic heterocycles. The minimum atomic E-state index is -0.0751. The molecule has 1 heterocycles. The Bertz CT molecular complexity index is 902. The zero-order valence-electron chi connectivity index (χ0n) is 10.9. The number of aromatic nitrogens is 1. The van der Waals surface area contributed by atoms with Crippen molar-refractivity contribution in [1.29, 1.82) is 0 Å². The second kappa shape index (κ2) is 3.67. The average Bonchev–Trinajstić information content (AvgIpc) is 2.79. The van der Waals surface area contributed by atoms with E-state index in [4.69, 9.17) is 0 Å². The Kier molecular flexibility index (Phi) is 2.05. The minimum Gasteiger partial charge on any atom is -0.340 e. The second-order valence-corrected chi connectivity index (χ2v) is 5.00. The van der Waals surface area contributed by atoms with Crippen molar-refractivity contribution in [2.75, 3.05) is 0 Å². The van der Waals surface area contributed by atoms with Crippen molar-refractivity contribution in [3.63, 3.8) is 0 Å². The largest absolute Gasteiger partial charge is 0.340 e. The molecule has 0 fully saturated rings. The highest BCUT2D eigenvalue weighted by Crippen LogP contribution is 2.34. The summed E-state index contributed by atoms with van der Waals surface area (Å²) in [4.78, 5) is 25.4. The number of aryl methyl sites for hydroxylation is 1. The first-order valence-corrected chi connectivity index (χ1v) is 6.46. The highest BCUT2D eigenvalue weighted by atomic mass is 16.1. The molecule has 0 radical (unpaired) electrons. The monoisotopic (exact) mass is 261 g/mol. The maximum atomic E-state index is 12.7. The van der Waals surface area contributed by atoms with E-state index < -0.39 is 0 Å². The van der Waals surface area contributed by atoms with Crippen molar-refractivity contribution < 1.29 is 9.59 Å². The number of fused-ring (bicyclic) bond motifs is 4. The van der Waals surface area contributed by atoms with Crippen LogP contribution in [0.2, 0.25) is 0 Å². The van der Waals surface area contributed by atoms with E-state index in [1.54, 1.807) is 24.3 Å². The average molecular weight is 261 g/mol. The molecular formula is C17H11NO2. The van der Waals surface area contributed by atoms with E-state index in [9.17, 15) is 9.59 Å². The Morgan fingerprint density at radius 2 is 1.40 bits per heavy atom. The number of benzene rings is 2. The normalized spacial score (nSPS) is 13.4. The number of hydrogen-bond donors (Lipinski definition) is 0. The van der Waals surface area contributed by atoms with Crippen molar-refractivity contribution >= 4 is 22.5 Å². The van der Waals surface area contributed by atoms with E-state index in [-0.39, 0.29) is 11.6 Å². The molecule has 0 unspecified atom stereocenters. The summed E-state index contributed by atoms with van der Waals surface area (Å²) in [5, 5.41) is 0.845. The van der Waals surface area contributed by atoms with Gasteiger partial charge in [-0.1, -0.05) is 42.5 Å². The van der Waals surface area contributed by atoms with Gasteiger partial charge in [-0.2, -0.15) is 0 Å². The summed E-state index contributed by atoms with van der Waals surface area (Å²) in [6.07, 6.45) is 0. The van der Waals surface area contributed by atoms with Gasteiger partial charge in [0.1, 0.15) is 5.69 Å². The molecule has 4 rings (SSSR count). The number of rotatable bonds is 0. The summed E-state index contributed by atoms with van der Waals surface area (Å²) < 4.78 is 1.82. The summed E-state index contributed by atoms with van der Waals surface area (Å²) in [6, 6.07) is 14.6. The maximum absolute atomic E-state index is 12.7. The molecule has 0 bridgehead atoms. The molecule has 0 saturated carbocycles. The standard InChI is InChI=1S/C17H11NO2/c1-18-13-9-5-4-8-12(13)14-15(18)17(20)11-7-3-2-6-10(11)16(14)19/h2-9H,1H3. The van der Waals surface area contributed by atoms with Gasteiger partial charge in [0, 0.05) is 29.1 Å². The topological polar surface area (TPSA) is 39.1 Å². The van der Waals surface area contributed by atoms with Crippen LogP contribution >= 0.6 is 0 Å². The van der Waals surface area contributed by atoms with Gasteiger partial charge in [0.25, 0.3) is 0 Å². The molecule has 1 aliphatic carbocycles. The smallest absolute Gasteiger partial charge is 0.210 e. The number of carbonyl (C=O) groups is 2. The van der Waals surface area contributed by atoms with Crippen molar-refractivity contribution in [2.24, 2.45) is 7.05 Å². The molecule has 3 heteroatoms. The fourth-order valence-corrected chi connectivity index (χ4v) is 3.03. The van der Waals surface area contributed by atoms with Gasteiger partial charge in [-0.3, -0.25) is 9.59 Å². The SMILES string of the molecule is Cn1c2c(c3ccccc31)C(=O)c1ccccc1C2=O. The lowest BCUT2D eigenvalue weighted by atomic mass is 9.87. The highest BCUT2D eigenvalue weighted by Gasteiger charge is 2.34. The number of para-hydroxylation sites is 1. The third-order valence-electron chi connectivity index (χ3n) is 3.97. The van der Waals surface area contributed by atoms with E-state index in [2.05, 4.69) is 0 Å². The van der Waals surface area contributed by atoms with Gasteiger partial charge in [-0.15, -0.1) is 0 Å². The molecular weight excluding hydrogens is 250 g/mol. The minimum absolute atomic E-state index is 0.0630. The van der Waals surface area contributed by atoms with Crippen LogP contribution < -0.4 is 0 Å². The van der Waals surface area contributed by atoms with Crippen LogP contribution in [0.3, 0.4) is 0 Å². The van der Waals surface area contributed by atoms with Crippen molar-refractivity contribution in [2.45, 2.75) is 0 Å². The quantitative estimate of drug-likeness (QED) is 0.488. The van der Waals surface area contributed by atoms with E-state index in [1.165, 1.54) is 0 Å². The molecule has 0 saturated heterocycles. The third-order valence-corrected chi connectivity index (χ3v) is 3.97. The number of carbonyl (C=O) groups excluding carboxylic acids is 2. The Labute approximate surface area is 115 Å². The van der Waals surface area contributed by atoms with Crippen molar-refractivity contribution in [3.8, 4) is 0 Å². The molecule has 3 nitrogen and oxygen atoms in total. The van der Waals surface area contributed by atoms with E-state index >= 15 is 0 Å². The first-order valence-electron chi connectivity index (χ1n) is 6.46. The van der Waals surface area contributed by atoms with Gasteiger partial charge >= 0.3 is 0 Å². The first kappa shape index (κ1) is 11.2. The summed E-state index contributed by atoms with van der Waals surface area (Å²) in [5.41, 5.74) is 2.94. The third kappa shape index (κ3) is 1.19. The predicted molar refractivity (Wildman–Crippen MR) is 76.2 cm³/mol. The van der Waals surface area contributed by atoms with E-state index in [1.807, 2.05) is 35.9 Å². The van der Waals surface area contributed by atoms with Crippen LogP contribution in [0.1, 0.15) is 32.0 Å². The van der Waals surface area contributed by atoms with Crippen LogP contribution in [0.15, 0.2) is 48.5 Å². The van der Waals surface area contributed by atoms with Crippen LogP contribution in [0, 0.1) is 0 Å². The van der Waals surface area contributed by atoms with Gasteiger partial charge in [-0.05, 0) is 6.07 Å². The summed E-state index contributed by atoms with van der Waals surface area (Å²) in [6.45, 7) is 0. The summed E-state index contributed by atoms with van der Waals surface area (Å²) in [7, 11) is 1.83. The molecule has 0 amide bonds. The maximum Gasteiger partial charge on any atom is 0.210 e. The predicted octanol–water partition coefficient (Wildman–Crippen LogP) is 2.95. The molecule has 96 valence electrons. The van der Waals surface area contributed by atoms with Crippen LogP contribution in [0.4, 0.5) is 0 Å². The Morgan fingerprint density at radius 1 is 0.800 bits per heavy atom.